The summed E-state index contributed by atoms with van der Waals surface area (Å²) in [5.41, 5.74) is 1.25. The van der Waals surface area contributed by atoms with Crippen molar-refractivity contribution in [3.63, 3.8) is 0 Å². The Labute approximate surface area is 98.9 Å². The standard InChI is InChI=1S/C13H23N3/c1-4-16(5-2)10-9-15-12(3)13-7-6-8-14-11-13/h6-8,11-12,15H,4-5,9-10H2,1-3H3. The van der Waals surface area contributed by atoms with Crippen LogP contribution in [-0.4, -0.2) is 36.1 Å². The van der Waals surface area contributed by atoms with E-state index in [-0.39, 0.29) is 0 Å². The smallest absolute Gasteiger partial charge is 0.0315 e. The van der Waals surface area contributed by atoms with Gasteiger partial charge in [0.25, 0.3) is 0 Å². The van der Waals surface area contributed by atoms with Crippen LogP contribution < -0.4 is 5.32 Å². The average molecular weight is 221 g/mol. The molecule has 0 saturated heterocycles. The number of nitrogens with one attached hydrogen (secondary N) is 1. The zero-order valence-corrected chi connectivity index (χ0v) is 10.6. The van der Waals surface area contributed by atoms with Crippen molar-refractivity contribution in [2.45, 2.75) is 26.8 Å². The van der Waals surface area contributed by atoms with Crippen molar-refractivity contribution >= 4 is 0 Å². The second-order valence-corrected chi connectivity index (χ2v) is 3.99. The van der Waals surface area contributed by atoms with E-state index in [1.54, 1.807) is 0 Å². The molecular formula is C13H23N3. The molecule has 3 nitrogen and oxygen atoms in total. The summed E-state index contributed by atoms with van der Waals surface area (Å²) in [5, 5.41) is 3.52. The van der Waals surface area contributed by atoms with Crippen molar-refractivity contribution in [2.75, 3.05) is 26.2 Å². The van der Waals surface area contributed by atoms with Crippen molar-refractivity contribution < 1.29 is 0 Å². The second kappa shape index (κ2) is 7.36. The van der Waals surface area contributed by atoms with Gasteiger partial charge in [-0.25, -0.2) is 0 Å². The van der Waals surface area contributed by atoms with Gasteiger partial charge in [0, 0.05) is 31.5 Å². The minimum atomic E-state index is 0.379. The molecule has 1 atom stereocenters. The average Bonchev–Trinajstić information content (AvgIpc) is 2.35. The number of hydrogen-bond acceptors (Lipinski definition) is 3. The lowest BCUT2D eigenvalue weighted by Crippen LogP contribution is -2.33. The molecule has 90 valence electrons. The van der Waals surface area contributed by atoms with Crippen LogP contribution in [0.25, 0.3) is 0 Å². The first-order valence-corrected chi connectivity index (χ1v) is 6.13. The topological polar surface area (TPSA) is 28.2 Å². The summed E-state index contributed by atoms with van der Waals surface area (Å²) in [5.74, 6) is 0. The predicted molar refractivity (Wildman–Crippen MR) is 68.4 cm³/mol. The van der Waals surface area contributed by atoms with Crippen LogP contribution >= 0.6 is 0 Å². The van der Waals surface area contributed by atoms with Gasteiger partial charge in [-0.3, -0.25) is 4.98 Å². The van der Waals surface area contributed by atoms with E-state index in [2.05, 4.69) is 42.0 Å². The first kappa shape index (κ1) is 13.1. The lowest BCUT2D eigenvalue weighted by Gasteiger charge is -2.20. The quantitative estimate of drug-likeness (QED) is 0.764. The maximum Gasteiger partial charge on any atom is 0.0315 e. The summed E-state index contributed by atoms with van der Waals surface area (Å²) in [7, 11) is 0. The summed E-state index contributed by atoms with van der Waals surface area (Å²) in [6.07, 6.45) is 3.74. The molecule has 0 fully saturated rings. The zero-order valence-electron chi connectivity index (χ0n) is 10.6. The van der Waals surface area contributed by atoms with Gasteiger partial charge in [0.05, 0.1) is 0 Å². The third-order valence-electron chi connectivity index (χ3n) is 2.96. The van der Waals surface area contributed by atoms with Gasteiger partial charge in [-0.1, -0.05) is 19.9 Å². The monoisotopic (exact) mass is 221 g/mol. The highest BCUT2D eigenvalue weighted by molar-refractivity contribution is 5.12. The Balaban J connectivity index is 2.28. The summed E-state index contributed by atoms with van der Waals surface area (Å²) >= 11 is 0. The molecule has 0 aromatic carbocycles. The molecule has 1 heterocycles. The molecule has 0 spiro atoms. The molecule has 1 rings (SSSR count). The van der Waals surface area contributed by atoms with E-state index >= 15 is 0 Å². The first-order valence-electron chi connectivity index (χ1n) is 6.13. The van der Waals surface area contributed by atoms with Crippen molar-refractivity contribution in [3.05, 3.63) is 30.1 Å². The molecule has 0 aliphatic heterocycles. The highest BCUT2D eigenvalue weighted by Crippen LogP contribution is 2.08. The summed E-state index contributed by atoms with van der Waals surface area (Å²) in [6.45, 7) is 11.0. The molecule has 3 heteroatoms. The maximum atomic E-state index is 4.13. The van der Waals surface area contributed by atoms with Crippen molar-refractivity contribution in [1.82, 2.24) is 15.2 Å². The Morgan fingerprint density at radius 2 is 2.12 bits per heavy atom. The van der Waals surface area contributed by atoms with Crippen LogP contribution in [0.15, 0.2) is 24.5 Å². The van der Waals surface area contributed by atoms with E-state index in [1.807, 2.05) is 18.5 Å². The number of likely N-dealkylation sites (N-methyl/N-ethyl adjacent to an activating group) is 1. The molecule has 0 radical (unpaired) electrons. The number of rotatable bonds is 7. The first-order chi connectivity index (χ1) is 7.77. The number of hydrogen-bond donors (Lipinski definition) is 1. The van der Waals surface area contributed by atoms with Gasteiger partial charge in [-0.2, -0.15) is 0 Å². The van der Waals surface area contributed by atoms with Crippen LogP contribution in [0.2, 0.25) is 0 Å². The molecule has 0 saturated carbocycles. The van der Waals surface area contributed by atoms with Crippen LogP contribution in [0.3, 0.4) is 0 Å². The molecule has 1 aromatic heterocycles. The third kappa shape index (κ3) is 4.29. The van der Waals surface area contributed by atoms with Crippen molar-refractivity contribution in [2.24, 2.45) is 0 Å². The molecule has 0 aliphatic rings. The van der Waals surface area contributed by atoms with Crippen LogP contribution in [0.5, 0.6) is 0 Å². The summed E-state index contributed by atoms with van der Waals surface area (Å²) in [4.78, 5) is 6.55. The fourth-order valence-electron chi connectivity index (χ4n) is 1.73. The van der Waals surface area contributed by atoms with Crippen LogP contribution in [0.4, 0.5) is 0 Å². The van der Waals surface area contributed by atoms with Crippen molar-refractivity contribution in [1.29, 1.82) is 0 Å². The number of nitrogens with zero attached hydrogens (tertiary/aromatic N) is 2. The van der Waals surface area contributed by atoms with Gasteiger partial charge in [-0.05, 0) is 31.6 Å². The van der Waals surface area contributed by atoms with Gasteiger partial charge < -0.3 is 10.2 Å². The molecule has 1 unspecified atom stereocenters. The van der Waals surface area contributed by atoms with Gasteiger partial charge in [0.15, 0.2) is 0 Å². The highest BCUT2D eigenvalue weighted by atomic mass is 15.1. The lowest BCUT2D eigenvalue weighted by molar-refractivity contribution is 0.298. The summed E-state index contributed by atoms with van der Waals surface area (Å²) < 4.78 is 0. The summed E-state index contributed by atoms with van der Waals surface area (Å²) in [6, 6.07) is 4.48. The Morgan fingerprint density at radius 1 is 1.38 bits per heavy atom. The van der Waals surface area contributed by atoms with Crippen molar-refractivity contribution in [3.8, 4) is 0 Å². The SMILES string of the molecule is CCN(CC)CCNC(C)c1cccnc1. The maximum absolute atomic E-state index is 4.13. The van der Waals surface area contributed by atoms with E-state index in [0.29, 0.717) is 6.04 Å². The molecule has 0 amide bonds. The normalized spacial score (nSPS) is 13.0. The van der Waals surface area contributed by atoms with E-state index in [9.17, 15) is 0 Å². The van der Waals surface area contributed by atoms with Gasteiger partial charge in [0.1, 0.15) is 0 Å². The Morgan fingerprint density at radius 3 is 2.69 bits per heavy atom. The van der Waals surface area contributed by atoms with E-state index in [4.69, 9.17) is 0 Å². The Hall–Kier alpha value is -0.930. The Kier molecular flexibility index (Phi) is 6.04. The highest BCUT2D eigenvalue weighted by Gasteiger charge is 2.04. The molecule has 0 aliphatic carbocycles. The molecular weight excluding hydrogens is 198 g/mol. The number of aromatic nitrogens is 1. The van der Waals surface area contributed by atoms with E-state index in [0.717, 1.165) is 26.2 Å². The van der Waals surface area contributed by atoms with Gasteiger partial charge in [0.2, 0.25) is 0 Å². The Bertz CT molecular complexity index is 270. The molecule has 1 N–H and O–H groups in total. The second-order valence-electron chi connectivity index (χ2n) is 3.99. The minimum absolute atomic E-state index is 0.379. The van der Waals surface area contributed by atoms with Crippen LogP contribution in [0, 0.1) is 0 Å². The zero-order chi connectivity index (χ0) is 11.8. The van der Waals surface area contributed by atoms with Crippen LogP contribution in [-0.2, 0) is 0 Å². The van der Waals surface area contributed by atoms with Gasteiger partial charge >= 0.3 is 0 Å². The minimum Gasteiger partial charge on any atom is -0.309 e. The molecule has 16 heavy (non-hydrogen) atoms. The fourth-order valence-corrected chi connectivity index (χ4v) is 1.73. The molecule has 1 aromatic rings. The largest absolute Gasteiger partial charge is 0.309 e. The van der Waals surface area contributed by atoms with E-state index in [1.165, 1.54) is 5.56 Å². The molecule has 0 bridgehead atoms. The van der Waals surface area contributed by atoms with Crippen LogP contribution in [0.1, 0.15) is 32.4 Å². The fraction of sp³-hybridized carbons (Fsp3) is 0.615. The predicted octanol–water partition coefficient (Wildman–Crippen LogP) is 2.07. The van der Waals surface area contributed by atoms with E-state index < -0.39 is 0 Å². The number of pyridine rings is 1. The third-order valence-corrected chi connectivity index (χ3v) is 2.96. The lowest BCUT2D eigenvalue weighted by atomic mass is 10.1. The van der Waals surface area contributed by atoms with Gasteiger partial charge in [-0.15, -0.1) is 0 Å².